The van der Waals surface area contributed by atoms with Crippen molar-refractivity contribution >= 4 is 46.7 Å². The van der Waals surface area contributed by atoms with Gasteiger partial charge in [-0.3, -0.25) is 14.5 Å². The second kappa shape index (κ2) is 6.98. The molecule has 0 spiro atoms. The third kappa shape index (κ3) is 3.69. The molecule has 1 aromatic carbocycles. The molecule has 2 N–H and O–H groups in total. The molecule has 2 rings (SSSR count). The summed E-state index contributed by atoms with van der Waals surface area (Å²) >= 11 is 11.7. The van der Waals surface area contributed by atoms with E-state index in [1.165, 1.54) is 6.07 Å². The van der Waals surface area contributed by atoms with Crippen LogP contribution in [0.4, 0.5) is 10.5 Å². The van der Waals surface area contributed by atoms with E-state index in [1.807, 2.05) is 6.92 Å². The number of carbonyl (C=O) groups excluding carboxylic acids is 3. The number of urea groups is 1. The molecule has 8 heteroatoms. The van der Waals surface area contributed by atoms with E-state index in [-0.39, 0.29) is 17.5 Å². The van der Waals surface area contributed by atoms with Gasteiger partial charge >= 0.3 is 6.03 Å². The molecule has 1 fully saturated rings. The Morgan fingerprint density at radius 3 is 2.73 bits per heavy atom. The molecular formula is C14H15Cl2N3O3. The van der Waals surface area contributed by atoms with E-state index in [0.29, 0.717) is 17.1 Å². The van der Waals surface area contributed by atoms with Crippen LogP contribution in [0.25, 0.3) is 0 Å². The lowest BCUT2D eigenvalue weighted by molar-refractivity contribution is -0.130. The van der Waals surface area contributed by atoms with Gasteiger partial charge in [0.05, 0.1) is 10.7 Å². The van der Waals surface area contributed by atoms with E-state index in [4.69, 9.17) is 23.2 Å². The van der Waals surface area contributed by atoms with Crippen LogP contribution in [0.3, 0.4) is 0 Å². The summed E-state index contributed by atoms with van der Waals surface area (Å²) in [5, 5.41) is 5.83. The Morgan fingerprint density at radius 2 is 2.09 bits per heavy atom. The van der Waals surface area contributed by atoms with Crippen LogP contribution >= 0.6 is 23.2 Å². The van der Waals surface area contributed by atoms with Crippen molar-refractivity contribution in [1.29, 1.82) is 0 Å². The Labute approximate surface area is 137 Å². The summed E-state index contributed by atoms with van der Waals surface area (Å²) in [6.07, 6.45) is 1.31. The minimum absolute atomic E-state index is 0.280. The summed E-state index contributed by atoms with van der Waals surface area (Å²) in [6.45, 7) is 1.56. The van der Waals surface area contributed by atoms with Gasteiger partial charge in [0.2, 0.25) is 5.91 Å². The lowest BCUT2D eigenvalue weighted by Gasteiger charge is -2.13. The maximum Gasteiger partial charge on any atom is 0.325 e. The quantitative estimate of drug-likeness (QED) is 0.806. The predicted molar refractivity (Wildman–Crippen MR) is 84.0 cm³/mol. The van der Waals surface area contributed by atoms with Crippen molar-refractivity contribution in [3.05, 3.63) is 28.2 Å². The minimum atomic E-state index is -0.555. The third-order valence-electron chi connectivity index (χ3n) is 3.19. The lowest BCUT2D eigenvalue weighted by atomic mass is 10.2. The zero-order valence-corrected chi connectivity index (χ0v) is 13.4. The van der Waals surface area contributed by atoms with Crippen LogP contribution in [0.15, 0.2) is 18.2 Å². The van der Waals surface area contributed by atoms with E-state index >= 15 is 0 Å². The zero-order chi connectivity index (χ0) is 16.3. The van der Waals surface area contributed by atoms with Gasteiger partial charge in [0.25, 0.3) is 5.91 Å². The summed E-state index contributed by atoms with van der Waals surface area (Å²) in [4.78, 5) is 36.7. The Morgan fingerprint density at radius 1 is 1.36 bits per heavy atom. The Balaban J connectivity index is 2.00. The van der Waals surface area contributed by atoms with Crippen LogP contribution in [0.5, 0.6) is 0 Å². The van der Waals surface area contributed by atoms with Crippen molar-refractivity contribution in [2.45, 2.75) is 25.8 Å². The molecule has 1 aromatic rings. The van der Waals surface area contributed by atoms with Gasteiger partial charge in [-0.1, -0.05) is 36.5 Å². The van der Waals surface area contributed by atoms with Crippen LogP contribution in [0, 0.1) is 0 Å². The number of anilines is 1. The third-order valence-corrected chi connectivity index (χ3v) is 3.74. The minimum Gasteiger partial charge on any atom is -0.326 e. The first kappa shape index (κ1) is 16.6. The number of imide groups is 1. The summed E-state index contributed by atoms with van der Waals surface area (Å²) in [7, 11) is 0. The fourth-order valence-corrected chi connectivity index (χ4v) is 2.59. The SMILES string of the molecule is CCCC1NC(=O)N(CC(=O)Nc2ccc(Cl)cc2Cl)C1=O. The number of nitrogens with one attached hydrogen (secondary N) is 2. The number of amides is 4. The molecule has 0 bridgehead atoms. The smallest absolute Gasteiger partial charge is 0.325 e. The molecule has 1 atom stereocenters. The van der Waals surface area contributed by atoms with Crippen molar-refractivity contribution in [2.24, 2.45) is 0 Å². The number of hydrogen-bond acceptors (Lipinski definition) is 3. The molecule has 0 saturated carbocycles. The highest BCUT2D eigenvalue weighted by atomic mass is 35.5. The van der Waals surface area contributed by atoms with Crippen molar-refractivity contribution in [1.82, 2.24) is 10.2 Å². The number of carbonyl (C=O) groups is 3. The van der Waals surface area contributed by atoms with Gasteiger partial charge in [-0.2, -0.15) is 0 Å². The van der Waals surface area contributed by atoms with E-state index in [9.17, 15) is 14.4 Å². The molecule has 118 valence electrons. The second-order valence-electron chi connectivity index (χ2n) is 4.89. The van der Waals surface area contributed by atoms with Crippen molar-refractivity contribution < 1.29 is 14.4 Å². The predicted octanol–water partition coefficient (Wildman–Crippen LogP) is 2.65. The number of benzene rings is 1. The molecule has 0 aromatic heterocycles. The van der Waals surface area contributed by atoms with Gasteiger partial charge in [0.15, 0.2) is 0 Å². The van der Waals surface area contributed by atoms with Gasteiger partial charge in [-0.25, -0.2) is 4.79 Å². The topological polar surface area (TPSA) is 78.5 Å². The molecular weight excluding hydrogens is 329 g/mol. The highest BCUT2D eigenvalue weighted by Crippen LogP contribution is 2.25. The highest BCUT2D eigenvalue weighted by Gasteiger charge is 2.38. The first-order valence-electron chi connectivity index (χ1n) is 6.79. The lowest BCUT2D eigenvalue weighted by Crippen LogP contribution is -2.38. The van der Waals surface area contributed by atoms with Gasteiger partial charge in [0, 0.05) is 5.02 Å². The first-order chi connectivity index (χ1) is 10.4. The van der Waals surface area contributed by atoms with Crippen LogP contribution in [0.1, 0.15) is 19.8 Å². The largest absolute Gasteiger partial charge is 0.326 e. The molecule has 22 heavy (non-hydrogen) atoms. The Hall–Kier alpha value is -1.79. The average Bonchev–Trinajstić information content (AvgIpc) is 2.70. The molecule has 1 heterocycles. The van der Waals surface area contributed by atoms with E-state index in [0.717, 1.165) is 11.3 Å². The van der Waals surface area contributed by atoms with Crippen molar-refractivity contribution in [3.8, 4) is 0 Å². The number of halogens is 2. The van der Waals surface area contributed by atoms with Crippen LogP contribution < -0.4 is 10.6 Å². The fraction of sp³-hybridized carbons (Fsp3) is 0.357. The molecule has 6 nitrogen and oxygen atoms in total. The molecule has 1 unspecified atom stereocenters. The maximum absolute atomic E-state index is 12.0. The normalized spacial score (nSPS) is 17.6. The standard InChI is InChI=1S/C14H15Cl2N3O3/c1-2-3-11-13(21)19(14(22)18-11)7-12(20)17-10-5-4-8(15)6-9(10)16/h4-6,11H,2-3,7H2,1H3,(H,17,20)(H,18,22). The van der Waals surface area contributed by atoms with E-state index in [2.05, 4.69) is 10.6 Å². The Bertz CT molecular complexity index is 621. The van der Waals surface area contributed by atoms with Gasteiger partial charge in [-0.05, 0) is 24.6 Å². The van der Waals surface area contributed by atoms with E-state index < -0.39 is 18.0 Å². The molecule has 0 radical (unpaired) electrons. The number of rotatable bonds is 5. The van der Waals surface area contributed by atoms with Crippen molar-refractivity contribution in [3.63, 3.8) is 0 Å². The number of nitrogens with zero attached hydrogens (tertiary/aromatic N) is 1. The summed E-state index contributed by atoms with van der Waals surface area (Å²) < 4.78 is 0. The summed E-state index contributed by atoms with van der Waals surface area (Å²) in [5.74, 6) is -0.894. The highest BCUT2D eigenvalue weighted by molar-refractivity contribution is 6.36. The first-order valence-corrected chi connectivity index (χ1v) is 7.54. The van der Waals surface area contributed by atoms with Gasteiger partial charge in [-0.15, -0.1) is 0 Å². The zero-order valence-electron chi connectivity index (χ0n) is 11.9. The molecule has 1 saturated heterocycles. The van der Waals surface area contributed by atoms with Crippen molar-refractivity contribution in [2.75, 3.05) is 11.9 Å². The molecule has 4 amide bonds. The maximum atomic E-state index is 12.0. The van der Waals surface area contributed by atoms with Crippen LogP contribution in [0.2, 0.25) is 10.0 Å². The van der Waals surface area contributed by atoms with Crippen LogP contribution in [-0.2, 0) is 9.59 Å². The monoisotopic (exact) mass is 343 g/mol. The summed E-state index contributed by atoms with van der Waals surface area (Å²) in [5.41, 5.74) is 0.369. The Kier molecular flexibility index (Phi) is 5.26. The molecule has 1 aliphatic rings. The second-order valence-corrected chi connectivity index (χ2v) is 5.73. The molecule has 1 aliphatic heterocycles. The van der Waals surface area contributed by atoms with Gasteiger partial charge < -0.3 is 10.6 Å². The fourth-order valence-electron chi connectivity index (χ4n) is 2.14. The van der Waals surface area contributed by atoms with Crippen LogP contribution in [-0.4, -0.2) is 35.3 Å². The molecule has 0 aliphatic carbocycles. The van der Waals surface area contributed by atoms with E-state index in [1.54, 1.807) is 12.1 Å². The number of hydrogen-bond donors (Lipinski definition) is 2. The average molecular weight is 344 g/mol. The summed E-state index contributed by atoms with van der Waals surface area (Å²) in [6, 6.07) is 3.51. The van der Waals surface area contributed by atoms with Gasteiger partial charge in [0.1, 0.15) is 12.6 Å².